The summed E-state index contributed by atoms with van der Waals surface area (Å²) < 4.78 is 40.1. The second-order valence-electron chi connectivity index (χ2n) is 7.47. The molecule has 0 bridgehead atoms. The number of amides is 1. The molecule has 7 nitrogen and oxygen atoms in total. The number of nitrogens with zero attached hydrogens (tertiary/aromatic N) is 5. The summed E-state index contributed by atoms with van der Waals surface area (Å²) in [5.41, 5.74) is 2.53. The van der Waals surface area contributed by atoms with Crippen LogP contribution in [0.5, 0.6) is 0 Å². The molecule has 0 aliphatic rings. The Morgan fingerprint density at radius 2 is 1.70 bits per heavy atom. The maximum Gasteiger partial charge on any atom is 0.417 e. The first-order valence-corrected chi connectivity index (χ1v) is 9.96. The molecule has 3 heterocycles. The summed E-state index contributed by atoms with van der Waals surface area (Å²) in [7, 11) is 1.85. The van der Waals surface area contributed by atoms with Gasteiger partial charge in [-0.3, -0.25) is 14.5 Å². The molecule has 1 N–H and O–H groups in total. The number of aryl methyl sites for hydroxylation is 1. The van der Waals surface area contributed by atoms with Crippen molar-refractivity contribution in [3.63, 3.8) is 0 Å². The van der Waals surface area contributed by atoms with Crippen molar-refractivity contribution >= 4 is 11.6 Å². The third-order valence-corrected chi connectivity index (χ3v) is 4.83. The van der Waals surface area contributed by atoms with E-state index >= 15 is 0 Å². The van der Waals surface area contributed by atoms with Crippen LogP contribution in [0.25, 0.3) is 11.1 Å². The molecule has 1 aromatic carbocycles. The molecule has 4 rings (SSSR count). The molecule has 0 atom stereocenters. The highest BCUT2D eigenvalue weighted by atomic mass is 19.4. The predicted octanol–water partition coefficient (Wildman–Crippen LogP) is 4.06. The first kappa shape index (κ1) is 22.1. The van der Waals surface area contributed by atoms with Gasteiger partial charge in [0.1, 0.15) is 5.82 Å². The zero-order chi connectivity index (χ0) is 23.4. The number of rotatable bonds is 6. The van der Waals surface area contributed by atoms with Crippen LogP contribution in [0.1, 0.15) is 22.5 Å². The van der Waals surface area contributed by atoms with E-state index in [1.54, 1.807) is 35.4 Å². The van der Waals surface area contributed by atoms with E-state index in [9.17, 15) is 18.0 Å². The van der Waals surface area contributed by atoms with Crippen molar-refractivity contribution < 1.29 is 18.0 Å². The molecule has 0 unspecified atom stereocenters. The number of alkyl halides is 3. The summed E-state index contributed by atoms with van der Waals surface area (Å²) in [5.74, 6) is 0.246. The predicted molar refractivity (Wildman–Crippen MR) is 115 cm³/mol. The Kier molecular flexibility index (Phi) is 6.16. The summed E-state index contributed by atoms with van der Waals surface area (Å²) in [5, 5.41) is 6.58. The van der Waals surface area contributed by atoms with Gasteiger partial charge in [0.05, 0.1) is 30.1 Å². The van der Waals surface area contributed by atoms with Gasteiger partial charge in [-0.15, -0.1) is 0 Å². The lowest BCUT2D eigenvalue weighted by Crippen LogP contribution is -2.15. The van der Waals surface area contributed by atoms with Crippen LogP contribution in [0, 0.1) is 0 Å². The number of halogens is 3. The minimum atomic E-state index is -4.52. The molecule has 168 valence electrons. The summed E-state index contributed by atoms with van der Waals surface area (Å²) in [6, 6.07) is 8.10. The number of carbonyl (C=O) groups is 1. The zero-order valence-corrected chi connectivity index (χ0v) is 17.5. The largest absolute Gasteiger partial charge is 0.417 e. The van der Waals surface area contributed by atoms with Gasteiger partial charge in [-0.25, -0.2) is 9.97 Å². The van der Waals surface area contributed by atoms with E-state index in [1.165, 1.54) is 6.20 Å². The minimum absolute atomic E-state index is 0.00466. The Balaban J connectivity index is 1.36. The summed E-state index contributed by atoms with van der Waals surface area (Å²) >= 11 is 0. The van der Waals surface area contributed by atoms with Gasteiger partial charge in [-0.2, -0.15) is 18.3 Å². The van der Waals surface area contributed by atoms with Gasteiger partial charge >= 0.3 is 6.18 Å². The van der Waals surface area contributed by atoms with Crippen LogP contribution in [-0.4, -0.2) is 30.6 Å². The van der Waals surface area contributed by atoms with Gasteiger partial charge in [-0.05, 0) is 22.8 Å². The lowest BCUT2D eigenvalue weighted by Gasteiger charge is -2.09. The molecular formula is C23H19F3N6O. The fourth-order valence-electron chi connectivity index (χ4n) is 3.21. The lowest BCUT2D eigenvalue weighted by molar-refractivity contribution is -0.137. The van der Waals surface area contributed by atoms with Crippen molar-refractivity contribution in [2.45, 2.75) is 19.0 Å². The number of aromatic nitrogens is 5. The van der Waals surface area contributed by atoms with Crippen molar-refractivity contribution in [3.8, 4) is 11.1 Å². The Morgan fingerprint density at radius 1 is 0.970 bits per heavy atom. The van der Waals surface area contributed by atoms with Crippen molar-refractivity contribution in [2.75, 3.05) is 5.32 Å². The van der Waals surface area contributed by atoms with Gasteiger partial charge < -0.3 is 5.32 Å². The number of benzene rings is 1. The molecule has 0 saturated heterocycles. The molecule has 3 aromatic heterocycles. The molecule has 0 aliphatic heterocycles. The maximum atomic E-state index is 12.8. The van der Waals surface area contributed by atoms with Crippen molar-refractivity contribution in [1.82, 2.24) is 24.7 Å². The molecule has 0 aliphatic carbocycles. The molecule has 10 heteroatoms. The monoisotopic (exact) mass is 452 g/mol. The standard InChI is InChI=1S/C23H19F3N6O/c1-32-14-16(9-30-32)6-21-28-10-18(11-29-21)17-4-2-15(3-5-17)7-22(33)31-20-8-19(12-27-13-20)23(24,25)26/h2-5,8-14H,6-7H2,1H3,(H,31,33). The third-order valence-electron chi connectivity index (χ3n) is 4.83. The normalized spacial score (nSPS) is 11.4. The van der Waals surface area contributed by atoms with E-state index in [-0.39, 0.29) is 12.1 Å². The highest BCUT2D eigenvalue weighted by molar-refractivity contribution is 5.92. The summed E-state index contributed by atoms with van der Waals surface area (Å²) in [4.78, 5) is 24.6. The number of pyridine rings is 1. The van der Waals surface area contributed by atoms with Gasteiger partial charge in [0.2, 0.25) is 5.91 Å². The first-order valence-electron chi connectivity index (χ1n) is 9.96. The van der Waals surface area contributed by atoms with E-state index in [4.69, 9.17) is 0 Å². The summed E-state index contributed by atoms with van der Waals surface area (Å²) in [6.45, 7) is 0. The van der Waals surface area contributed by atoms with Crippen LogP contribution >= 0.6 is 0 Å². The van der Waals surface area contributed by atoms with Crippen LogP contribution in [-0.2, 0) is 30.9 Å². The minimum Gasteiger partial charge on any atom is -0.324 e. The Hall–Kier alpha value is -4.08. The molecule has 1 amide bonds. The molecule has 4 aromatic rings. The number of hydrogen-bond donors (Lipinski definition) is 1. The Morgan fingerprint density at radius 3 is 2.33 bits per heavy atom. The SMILES string of the molecule is Cn1cc(Cc2ncc(-c3ccc(CC(=O)Nc4cncc(C(F)(F)F)c4)cc3)cn2)cn1. The van der Waals surface area contributed by atoms with Crippen LogP contribution in [0.15, 0.2) is 67.5 Å². The summed E-state index contributed by atoms with van der Waals surface area (Å²) in [6.07, 6.45) is 5.12. The van der Waals surface area contributed by atoms with Gasteiger partial charge in [-0.1, -0.05) is 24.3 Å². The van der Waals surface area contributed by atoms with E-state index in [0.717, 1.165) is 22.8 Å². The zero-order valence-electron chi connectivity index (χ0n) is 17.5. The van der Waals surface area contributed by atoms with Crippen LogP contribution in [0.2, 0.25) is 0 Å². The number of nitrogens with one attached hydrogen (secondary N) is 1. The first-order chi connectivity index (χ1) is 15.8. The van der Waals surface area contributed by atoms with Crippen LogP contribution < -0.4 is 5.32 Å². The fourth-order valence-corrected chi connectivity index (χ4v) is 3.21. The second kappa shape index (κ2) is 9.19. The highest BCUT2D eigenvalue weighted by Crippen LogP contribution is 2.30. The van der Waals surface area contributed by atoms with Crippen molar-refractivity contribution in [2.24, 2.45) is 7.05 Å². The van der Waals surface area contributed by atoms with E-state index < -0.39 is 17.6 Å². The molecule has 0 spiro atoms. The van der Waals surface area contributed by atoms with Crippen molar-refractivity contribution in [1.29, 1.82) is 0 Å². The molecule has 0 saturated carbocycles. The number of hydrogen-bond acceptors (Lipinski definition) is 5. The van der Waals surface area contributed by atoms with Crippen LogP contribution in [0.3, 0.4) is 0 Å². The van der Waals surface area contributed by atoms with Crippen molar-refractivity contribution in [3.05, 3.63) is 90.0 Å². The molecular weight excluding hydrogens is 433 g/mol. The van der Waals surface area contributed by atoms with E-state index in [1.807, 2.05) is 25.4 Å². The molecule has 0 radical (unpaired) electrons. The van der Waals surface area contributed by atoms with Gasteiger partial charge in [0.15, 0.2) is 0 Å². The van der Waals surface area contributed by atoms with E-state index in [0.29, 0.717) is 24.0 Å². The Labute approximate surface area is 187 Å². The quantitative estimate of drug-likeness (QED) is 0.477. The smallest absolute Gasteiger partial charge is 0.324 e. The molecule has 33 heavy (non-hydrogen) atoms. The molecule has 0 fully saturated rings. The topological polar surface area (TPSA) is 85.6 Å². The lowest BCUT2D eigenvalue weighted by atomic mass is 10.0. The number of anilines is 1. The highest BCUT2D eigenvalue weighted by Gasteiger charge is 2.31. The maximum absolute atomic E-state index is 12.8. The third kappa shape index (κ3) is 5.79. The average Bonchev–Trinajstić information content (AvgIpc) is 3.19. The number of carbonyl (C=O) groups excluding carboxylic acids is 1. The van der Waals surface area contributed by atoms with Crippen LogP contribution in [0.4, 0.5) is 18.9 Å². The Bertz CT molecular complexity index is 1250. The van der Waals surface area contributed by atoms with E-state index in [2.05, 4.69) is 25.4 Å². The van der Waals surface area contributed by atoms with Gasteiger partial charge in [0, 0.05) is 43.8 Å². The van der Waals surface area contributed by atoms with Gasteiger partial charge in [0.25, 0.3) is 0 Å². The second-order valence-corrected chi connectivity index (χ2v) is 7.47. The average molecular weight is 452 g/mol. The fraction of sp³-hybridized carbons (Fsp3) is 0.174.